The van der Waals surface area contributed by atoms with Crippen LogP contribution in [0.25, 0.3) is 0 Å². The van der Waals surface area contributed by atoms with Crippen LogP contribution in [-0.4, -0.2) is 31.7 Å². The number of nitrogens with two attached hydrogens (primary N) is 1. The molecule has 0 radical (unpaired) electrons. The first-order chi connectivity index (χ1) is 5.67. The largest absolute Gasteiger partial charge is 0.324 e. The maximum Gasteiger partial charge on any atom is 0.0255 e. The van der Waals surface area contributed by atoms with Gasteiger partial charge in [-0.15, -0.1) is 0 Å². The summed E-state index contributed by atoms with van der Waals surface area (Å²) in [6.07, 6.45) is 1.16. The van der Waals surface area contributed by atoms with Gasteiger partial charge in [0.1, 0.15) is 0 Å². The first kappa shape index (κ1) is 8.48. The fraction of sp³-hybridized carbons (Fsp3) is 1.00. The van der Waals surface area contributed by atoms with Gasteiger partial charge in [-0.3, -0.25) is 0 Å². The van der Waals surface area contributed by atoms with E-state index in [4.69, 9.17) is 5.73 Å². The molecule has 0 aliphatic carbocycles. The lowest BCUT2D eigenvalue weighted by Crippen LogP contribution is -2.45. The van der Waals surface area contributed by atoms with Gasteiger partial charge in [-0.25, -0.2) is 0 Å². The summed E-state index contributed by atoms with van der Waals surface area (Å²) in [5.41, 5.74) is 6.15. The summed E-state index contributed by atoms with van der Waals surface area (Å²) in [4.78, 5) is 0. The van der Waals surface area contributed by atoms with Crippen LogP contribution in [-0.2, 0) is 0 Å². The Bertz CT molecular complexity index is 167. The van der Waals surface area contributed by atoms with E-state index in [2.05, 4.69) is 17.6 Å². The monoisotopic (exact) mass is 169 g/mol. The molecule has 0 spiro atoms. The Labute approximate surface area is 74.1 Å². The number of hydrogen-bond acceptors (Lipinski definition) is 3. The molecule has 2 aliphatic heterocycles. The normalized spacial score (nSPS) is 48.5. The Kier molecular flexibility index (Phi) is 2.10. The fourth-order valence-corrected chi connectivity index (χ4v) is 2.48. The zero-order chi connectivity index (χ0) is 8.60. The van der Waals surface area contributed by atoms with Gasteiger partial charge in [-0.05, 0) is 44.8 Å². The first-order valence-electron chi connectivity index (χ1n) is 4.88. The van der Waals surface area contributed by atoms with Crippen LogP contribution in [0.15, 0.2) is 0 Å². The van der Waals surface area contributed by atoms with E-state index >= 15 is 0 Å². The van der Waals surface area contributed by atoms with Gasteiger partial charge in [0, 0.05) is 12.1 Å². The molecule has 4 N–H and O–H groups in total. The van der Waals surface area contributed by atoms with Gasteiger partial charge in [-0.2, -0.15) is 0 Å². The highest BCUT2D eigenvalue weighted by Gasteiger charge is 2.35. The van der Waals surface area contributed by atoms with E-state index in [0.29, 0.717) is 0 Å². The van der Waals surface area contributed by atoms with Crippen molar-refractivity contribution in [1.29, 1.82) is 0 Å². The quantitative estimate of drug-likeness (QED) is 0.459. The molecule has 12 heavy (non-hydrogen) atoms. The number of rotatable bonds is 0. The predicted octanol–water partition coefficient (Wildman–Crippen LogP) is -0.467. The summed E-state index contributed by atoms with van der Waals surface area (Å²) in [6.45, 7) is 6.61. The summed E-state index contributed by atoms with van der Waals surface area (Å²) < 4.78 is 0. The maximum atomic E-state index is 6.14. The molecule has 2 aliphatic rings. The third kappa shape index (κ3) is 1.63. The van der Waals surface area contributed by atoms with E-state index in [1.807, 2.05) is 0 Å². The van der Waals surface area contributed by atoms with Crippen molar-refractivity contribution in [2.75, 3.05) is 26.2 Å². The molecule has 0 amide bonds. The molecule has 0 aromatic rings. The number of fused-ring (bicyclic) bond motifs is 1. The molecule has 0 aromatic heterocycles. The van der Waals surface area contributed by atoms with E-state index in [9.17, 15) is 0 Å². The van der Waals surface area contributed by atoms with Gasteiger partial charge >= 0.3 is 0 Å². The van der Waals surface area contributed by atoms with Gasteiger partial charge in [0.25, 0.3) is 0 Å². The lowest BCUT2D eigenvalue weighted by molar-refractivity contribution is 0.344. The molecule has 2 fully saturated rings. The highest BCUT2D eigenvalue weighted by Crippen LogP contribution is 2.26. The van der Waals surface area contributed by atoms with Gasteiger partial charge in [0.15, 0.2) is 0 Å². The summed E-state index contributed by atoms with van der Waals surface area (Å²) in [7, 11) is 0. The van der Waals surface area contributed by atoms with Gasteiger partial charge < -0.3 is 16.4 Å². The van der Waals surface area contributed by atoms with Crippen LogP contribution in [0, 0.1) is 11.8 Å². The number of hydrogen-bond donors (Lipinski definition) is 3. The highest BCUT2D eigenvalue weighted by atomic mass is 15.0. The van der Waals surface area contributed by atoms with Crippen molar-refractivity contribution in [2.45, 2.75) is 18.9 Å². The first-order valence-corrected chi connectivity index (χ1v) is 4.88. The van der Waals surface area contributed by atoms with Crippen molar-refractivity contribution < 1.29 is 0 Å². The Morgan fingerprint density at radius 2 is 1.83 bits per heavy atom. The Balaban J connectivity index is 2.04. The van der Waals surface area contributed by atoms with Crippen LogP contribution in [0.4, 0.5) is 0 Å². The van der Waals surface area contributed by atoms with Crippen molar-refractivity contribution >= 4 is 0 Å². The molecule has 0 saturated carbocycles. The summed E-state index contributed by atoms with van der Waals surface area (Å²) >= 11 is 0. The van der Waals surface area contributed by atoms with Crippen LogP contribution in [0.3, 0.4) is 0 Å². The van der Waals surface area contributed by atoms with Crippen LogP contribution >= 0.6 is 0 Å². The van der Waals surface area contributed by atoms with Crippen molar-refractivity contribution in [1.82, 2.24) is 10.6 Å². The second-order valence-corrected chi connectivity index (χ2v) is 4.67. The van der Waals surface area contributed by atoms with E-state index in [1.54, 1.807) is 0 Å². The molecule has 3 atom stereocenters. The summed E-state index contributed by atoms with van der Waals surface area (Å²) in [5, 5.41) is 6.88. The molecule has 3 unspecified atom stereocenters. The molecular formula is C9H19N3. The van der Waals surface area contributed by atoms with Crippen molar-refractivity contribution in [3.8, 4) is 0 Å². The van der Waals surface area contributed by atoms with E-state index in [-0.39, 0.29) is 5.54 Å². The van der Waals surface area contributed by atoms with Gasteiger partial charge in [0.2, 0.25) is 0 Å². The molecule has 2 saturated heterocycles. The average Bonchev–Trinajstić information content (AvgIpc) is 2.31. The molecular weight excluding hydrogens is 150 g/mol. The second kappa shape index (κ2) is 2.98. The molecule has 0 bridgehead atoms. The fourth-order valence-electron chi connectivity index (χ4n) is 2.48. The van der Waals surface area contributed by atoms with Gasteiger partial charge in [-0.1, -0.05) is 0 Å². The van der Waals surface area contributed by atoms with E-state index in [0.717, 1.165) is 31.3 Å². The summed E-state index contributed by atoms with van der Waals surface area (Å²) in [6, 6.07) is 0. The molecule has 3 heteroatoms. The standard InChI is InChI=1S/C9H19N3/c1-9(10)2-7-3-11-4-8(7)5-12-6-9/h7-8,11-12H,2-6,10H2,1H3. The van der Waals surface area contributed by atoms with E-state index < -0.39 is 0 Å². The van der Waals surface area contributed by atoms with Crippen molar-refractivity contribution in [3.63, 3.8) is 0 Å². The van der Waals surface area contributed by atoms with Crippen molar-refractivity contribution in [2.24, 2.45) is 17.6 Å². The summed E-state index contributed by atoms with van der Waals surface area (Å²) in [5.74, 6) is 1.62. The smallest absolute Gasteiger partial charge is 0.0255 e. The third-order valence-electron chi connectivity index (χ3n) is 3.14. The minimum Gasteiger partial charge on any atom is -0.324 e. The Morgan fingerprint density at radius 1 is 1.17 bits per heavy atom. The third-order valence-corrected chi connectivity index (χ3v) is 3.14. The predicted molar refractivity (Wildman–Crippen MR) is 49.9 cm³/mol. The molecule has 3 nitrogen and oxygen atoms in total. The Hall–Kier alpha value is -0.120. The van der Waals surface area contributed by atoms with Crippen LogP contribution in [0.1, 0.15) is 13.3 Å². The maximum absolute atomic E-state index is 6.14. The molecule has 2 rings (SSSR count). The van der Waals surface area contributed by atoms with Crippen LogP contribution in [0.2, 0.25) is 0 Å². The zero-order valence-electron chi connectivity index (χ0n) is 7.77. The average molecular weight is 169 g/mol. The van der Waals surface area contributed by atoms with Crippen molar-refractivity contribution in [3.05, 3.63) is 0 Å². The van der Waals surface area contributed by atoms with Crippen LogP contribution in [0.5, 0.6) is 0 Å². The second-order valence-electron chi connectivity index (χ2n) is 4.67. The molecule has 0 aromatic carbocycles. The minimum absolute atomic E-state index is 0.00539. The lowest BCUT2D eigenvalue weighted by Gasteiger charge is -2.25. The topological polar surface area (TPSA) is 50.1 Å². The zero-order valence-corrected chi connectivity index (χ0v) is 7.77. The highest BCUT2D eigenvalue weighted by molar-refractivity contribution is 4.94. The lowest BCUT2D eigenvalue weighted by atomic mass is 9.86. The molecule has 2 heterocycles. The van der Waals surface area contributed by atoms with E-state index in [1.165, 1.54) is 13.1 Å². The number of nitrogens with one attached hydrogen (secondary N) is 2. The van der Waals surface area contributed by atoms with Gasteiger partial charge in [0.05, 0.1) is 0 Å². The Morgan fingerprint density at radius 3 is 2.67 bits per heavy atom. The molecule has 70 valence electrons. The van der Waals surface area contributed by atoms with Crippen LogP contribution < -0.4 is 16.4 Å². The SMILES string of the molecule is CC1(N)CNCC2CNCC2C1. The minimum atomic E-state index is 0.00539.